The monoisotopic (exact) mass is 248 g/mol. The first-order valence-electron chi connectivity index (χ1n) is 5.91. The van der Waals surface area contributed by atoms with Crippen molar-refractivity contribution in [3.05, 3.63) is 42.0 Å². The fourth-order valence-electron chi connectivity index (χ4n) is 1.85. The van der Waals surface area contributed by atoms with E-state index in [4.69, 9.17) is 16.3 Å². The van der Waals surface area contributed by atoms with Gasteiger partial charge in [-0.05, 0) is 22.8 Å². The first kappa shape index (κ1) is 12.3. The number of benzene rings is 2. The molecule has 0 N–H and O–H groups in total. The van der Waals surface area contributed by atoms with Gasteiger partial charge in [-0.15, -0.1) is 11.6 Å². The highest BCUT2D eigenvalue weighted by Gasteiger charge is 2.08. The Morgan fingerprint density at radius 2 is 1.88 bits per heavy atom. The molecule has 17 heavy (non-hydrogen) atoms. The number of rotatable bonds is 4. The summed E-state index contributed by atoms with van der Waals surface area (Å²) in [5.74, 6) is 1.91. The molecule has 0 spiro atoms. The number of hydrogen-bond donors (Lipinski definition) is 0. The van der Waals surface area contributed by atoms with Gasteiger partial charge < -0.3 is 4.74 Å². The van der Waals surface area contributed by atoms with E-state index in [9.17, 15) is 0 Å². The molecule has 0 aliphatic heterocycles. The standard InChI is InChI=1S/C15H17ClO/c1-11(2)10-17-15-8-7-12-5-3-4-6-13(12)14(15)9-16/h3-8,11H,9-10H2,1-2H3. The molecule has 0 heterocycles. The van der Waals surface area contributed by atoms with Crippen LogP contribution in [0.2, 0.25) is 0 Å². The largest absolute Gasteiger partial charge is 0.493 e. The maximum absolute atomic E-state index is 6.05. The van der Waals surface area contributed by atoms with Crippen molar-refractivity contribution < 1.29 is 4.74 Å². The van der Waals surface area contributed by atoms with E-state index in [1.165, 1.54) is 10.8 Å². The Balaban J connectivity index is 2.42. The van der Waals surface area contributed by atoms with Gasteiger partial charge in [0, 0.05) is 5.56 Å². The highest BCUT2D eigenvalue weighted by atomic mass is 35.5. The molecule has 0 atom stereocenters. The van der Waals surface area contributed by atoms with E-state index in [1.54, 1.807) is 0 Å². The SMILES string of the molecule is CC(C)COc1ccc2ccccc2c1CCl. The first-order valence-corrected chi connectivity index (χ1v) is 6.45. The molecule has 0 aliphatic rings. The van der Waals surface area contributed by atoms with Gasteiger partial charge in [0.05, 0.1) is 12.5 Å². The zero-order chi connectivity index (χ0) is 12.3. The molecule has 2 heteroatoms. The molecule has 2 aromatic rings. The molecular formula is C15H17ClO. The van der Waals surface area contributed by atoms with Crippen molar-refractivity contribution in [1.82, 2.24) is 0 Å². The summed E-state index contributed by atoms with van der Waals surface area (Å²) >= 11 is 6.05. The lowest BCUT2D eigenvalue weighted by Crippen LogP contribution is -2.06. The van der Waals surface area contributed by atoms with Crippen LogP contribution < -0.4 is 4.74 Å². The molecule has 0 saturated heterocycles. The fraction of sp³-hybridized carbons (Fsp3) is 0.333. The molecular weight excluding hydrogens is 232 g/mol. The van der Waals surface area contributed by atoms with Gasteiger partial charge in [0.1, 0.15) is 5.75 Å². The topological polar surface area (TPSA) is 9.23 Å². The molecule has 0 unspecified atom stereocenters. The summed E-state index contributed by atoms with van der Waals surface area (Å²) in [6.07, 6.45) is 0. The zero-order valence-electron chi connectivity index (χ0n) is 10.2. The van der Waals surface area contributed by atoms with E-state index < -0.39 is 0 Å². The molecule has 0 saturated carbocycles. The van der Waals surface area contributed by atoms with Gasteiger partial charge in [-0.1, -0.05) is 44.2 Å². The predicted octanol–water partition coefficient (Wildman–Crippen LogP) is 4.61. The molecule has 0 radical (unpaired) electrons. The minimum atomic E-state index is 0.481. The van der Waals surface area contributed by atoms with Crippen LogP contribution >= 0.6 is 11.6 Å². The van der Waals surface area contributed by atoms with Crippen molar-refractivity contribution in [2.24, 2.45) is 5.92 Å². The lowest BCUT2D eigenvalue weighted by Gasteiger charge is -2.14. The van der Waals surface area contributed by atoms with Crippen molar-refractivity contribution in [1.29, 1.82) is 0 Å². The molecule has 90 valence electrons. The Morgan fingerprint density at radius 3 is 2.59 bits per heavy atom. The van der Waals surface area contributed by atoms with E-state index in [1.807, 2.05) is 18.2 Å². The maximum atomic E-state index is 6.05. The van der Waals surface area contributed by atoms with Crippen LogP contribution in [-0.4, -0.2) is 6.61 Å². The number of halogens is 1. The van der Waals surface area contributed by atoms with Crippen LogP contribution in [0.25, 0.3) is 10.8 Å². The Bertz CT molecular complexity index is 505. The van der Waals surface area contributed by atoms with Crippen molar-refractivity contribution >= 4 is 22.4 Å². The summed E-state index contributed by atoms with van der Waals surface area (Å²) in [7, 11) is 0. The van der Waals surface area contributed by atoms with Gasteiger partial charge in [-0.2, -0.15) is 0 Å². The van der Waals surface area contributed by atoms with Gasteiger partial charge in [-0.3, -0.25) is 0 Å². The molecule has 0 fully saturated rings. The van der Waals surface area contributed by atoms with E-state index in [0.29, 0.717) is 11.8 Å². The summed E-state index contributed by atoms with van der Waals surface area (Å²) in [4.78, 5) is 0. The quantitative estimate of drug-likeness (QED) is 0.718. The van der Waals surface area contributed by atoms with Gasteiger partial charge in [-0.25, -0.2) is 0 Å². The third-order valence-corrected chi connectivity index (χ3v) is 2.97. The number of hydrogen-bond acceptors (Lipinski definition) is 1. The Kier molecular flexibility index (Phi) is 3.90. The molecule has 0 aliphatic carbocycles. The van der Waals surface area contributed by atoms with Crippen LogP contribution in [0.15, 0.2) is 36.4 Å². The predicted molar refractivity (Wildman–Crippen MR) is 73.8 cm³/mol. The van der Waals surface area contributed by atoms with Crippen molar-refractivity contribution in [2.45, 2.75) is 19.7 Å². The van der Waals surface area contributed by atoms with Crippen LogP contribution in [0, 0.1) is 5.92 Å². The number of fused-ring (bicyclic) bond motifs is 1. The van der Waals surface area contributed by atoms with Crippen LogP contribution in [-0.2, 0) is 5.88 Å². The summed E-state index contributed by atoms with van der Waals surface area (Å²) in [5.41, 5.74) is 1.09. The van der Waals surface area contributed by atoms with E-state index in [2.05, 4.69) is 32.0 Å². The van der Waals surface area contributed by atoms with Crippen molar-refractivity contribution in [2.75, 3.05) is 6.61 Å². The third-order valence-electron chi connectivity index (χ3n) is 2.70. The molecule has 0 bridgehead atoms. The van der Waals surface area contributed by atoms with Crippen molar-refractivity contribution in [3.8, 4) is 5.75 Å². The summed E-state index contributed by atoms with van der Waals surface area (Å²) in [5, 5.41) is 2.39. The molecule has 0 amide bonds. The normalized spacial score (nSPS) is 11.1. The average Bonchev–Trinajstić information content (AvgIpc) is 2.35. The van der Waals surface area contributed by atoms with Crippen LogP contribution in [0.3, 0.4) is 0 Å². The maximum Gasteiger partial charge on any atom is 0.124 e. The molecule has 1 nitrogen and oxygen atoms in total. The van der Waals surface area contributed by atoms with E-state index in [0.717, 1.165) is 17.9 Å². The van der Waals surface area contributed by atoms with E-state index >= 15 is 0 Å². The average molecular weight is 249 g/mol. The second kappa shape index (κ2) is 5.42. The summed E-state index contributed by atoms with van der Waals surface area (Å²) < 4.78 is 5.81. The van der Waals surface area contributed by atoms with Gasteiger partial charge >= 0.3 is 0 Å². The zero-order valence-corrected chi connectivity index (χ0v) is 11.0. The molecule has 2 aromatic carbocycles. The minimum absolute atomic E-state index is 0.481. The van der Waals surface area contributed by atoms with Crippen LogP contribution in [0.4, 0.5) is 0 Å². The Labute approximate surface area is 107 Å². The number of ether oxygens (including phenoxy) is 1. The number of alkyl halides is 1. The lowest BCUT2D eigenvalue weighted by atomic mass is 10.0. The lowest BCUT2D eigenvalue weighted by molar-refractivity contribution is 0.269. The minimum Gasteiger partial charge on any atom is -0.493 e. The van der Waals surface area contributed by atoms with Gasteiger partial charge in [0.15, 0.2) is 0 Å². The van der Waals surface area contributed by atoms with E-state index in [-0.39, 0.29) is 0 Å². The van der Waals surface area contributed by atoms with Crippen LogP contribution in [0.1, 0.15) is 19.4 Å². The fourth-order valence-corrected chi connectivity index (χ4v) is 2.12. The highest BCUT2D eigenvalue weighted by molar-refractivity contribution is 6.18. The Hall–Kier alpha value is -1.21. The van der Waals surface area contributed by atoms with Crippen LogP contribution in [0.5, 0.6) is 5.75 Å². The smallest absolute Gasteiger partial charge is 0.124 e. The van der Waals surface area contributed by atoms with Gasteiger partial charge in [0.25, 0.3) is 0 Å². The van der Waals surface area contributed by atoms with Gasteiger partial charge in [0.2, 0.25) is 0 Å². The summed E-state index contributed by atoms with van der Waals surface area (Å²) in [6.45, 7) is 5.01. The third kappa shape index (κ3) is 2.73. The molecule has 0 aromatic heterocycles. The second-order valence-electron chi connectivity index (χ2n) is 4.60. The molecule has 2 rings (SSSR count). The second-order valence-corrected chi connectivity index (χ2v) is 4.87. The first-order chi connectivity index (χ1) is 8.22. The Morgan fingerprint density at radius 1 is 1.12 bits per heavy atom. The summed E-state index contributed by atoms with van der Waals surface area (Å²) in [6, 6.07) is 12.4. The van der Waals surface area contributed by atoms with Crippen molar-refractivity contribution in [3.63, 3.8) is 0 Å². The highest BCUT2D eigenvalue weighted by Crippen LogP contribution is 2.29.